The molecule has 1 N–H and O–H groups in total. The van der Waals surface area contributed by atoms with E-state index < -0.39 is 17.2 Å². The molecule has 0 bridgehead atoms. The lowest BCUT2D eigenvalue weighted by Crippen LogP contribution is -2.13. The van der Waals surface area contributed by atoms with Crippen LogP contribution in [0.25, 0.3) is 10.9 Å². The summed E-state index contributed by atoms with van der Waals surface area (Å²) >= 11 is 0. The molecule has 1 atom stereocenters. The minimum atomic E-state index is -2.26. The molecule has 7 heteroatoms. The van der Waals surface area contributed by atoms with E-state index in [1.165, 1.54) is 24.4 Å². The number of nitro benzene ring substituents is 1. The summed E-state index contributed by atoms with van der Waals surface area (Å²) in [6.07, 6.45) is -1.01. The number of alkyl halides is 1. The van der Waals surface area contributed by atoms with Crippen molar-refractivity contribution < 1.29 is 19.2 Å². The molecule has 17 heavy (non-hydrogen) atoms. The Morgan fingerprint density at radius 3 is 2.76 bits per heavy atom. The van der Waals surface area contributed by atoms with E-state index in [4.69, 9.17) is 5.11 Å². The number of halogens is 1. The molecular formula is C10H7FN2O4. The van der Waals surface area contributed by atoms with Gasteiger partial charge in [0.1, 0.15) is 0 Å². The monoisotopic (exact) mass is 238 g/mol. The first-order valence-electron chi connectivity index (χ1n) is 4.62. The number of benzene rings is 1. The van der Waals surface area contributed by atoms with Crippen molar-refractivity contribution in [2.45, 2.75) is 6.30 Å². The van der Waals surface area contributed by atoms with Crippen molar-refractivity contribution in [2.24, 2.45) is 0 Å². The lowest BCUT2D eigenvalue weighted by atomic mass is 10.2. The van der Waals surface area contributed by atoms with E-state index in [-0.39, 0.29) is 11.2 Å². The van der Waals surface area contributed by atoms with E-state index in [2.05, 4.69) is 0 Å². The zero-order valence-electron chi connectivity index (χ0n) is 8.41. The highest BCUT2D eigenvalue weighted by atomic mass is 19.1. The molecule has 0 amide bonds. The molecule has 6 nitrogen and oxygen atoms in total. The molecule has 1 aromatic heterocycles. The van der Waals surface area contributed by atoms with Crippen molar-refractivity contribution in [1.29, 1.82) is 0 Å². The lowest BCUT2D eigenvalue weighted by Gasteiger charge is -2.06. The molecule has 0 aliphatic rings. The number of aliphatic carboxylic acids is 1. The van der Waals surface area contributed by atoms with Crippen molar-refractivity contribution in [2.75, 3.05) is 0 Å². The highest BCUT2D eigenvalue weighted by Crippen LogP contribution is 2.25. The largest absolute Gasteiger partial charge is 0.478 e. The number of nitro groups is 1. The number of carboxylic acids is 1. The first-order chi connectivity index (χ1) is 8.00. The molecule has 0 spiro atoms. The number of hydrogen-bond donors (Lipinski definition) is 1. The number of non-ortho nitro benzene ring substituents is 1. The number of nitrogens with zero attached hydrogens (tertiary/aromatic N) is 2. The van der Waals surface area contributed by atoms with Gasteiger partial charge in [0.15, 0.2) is 0 Å². The van der Waals surface area contributed by atoms with Gasteiger partial charge in [-0.1, -0.05) is 0 Å². The number of fused-ring (bicyclic) bond motifs is 1. The van der Waals surface area contributed by atoms with Crippen molar-refractivity contribution >= 4 is 22.6 Å². The molecule has 0 saturated carbocycles. The Kier molecular flexibility index (Phi) is 2.51. The standard InChI is InChI=1S/C10H7FN2O4/c11-9(10(14)15)12-4-3-6-1-2-7(13(16)17)5-8(6)12/h1-5,9H,(H,14,15). The van der Waals surface area contributed by atoms with Gasteiger partial charge in [-0.05, 0) is 12.1 Å². The Labute approximate surface area is 94.0 Å². The molecule has 1 heterocycles. The van der Waals surface area contributed by atoms with Crippen LogP contribution < -0.4 is 0 Å². The second-order valence-electron chi connectivity index (χ2n) is 3.40. The van der Waals surface area contributed by atoms with Crippen LogP contribution in [0, 0.1) is 10.1 Å². The van der Waals surface area contributed by atoms with Crippen LogP contribution in [0.4, 0.5) is 10.1 Å². The van der Waals surface area contributed by atoms with Crippen LogP contribution in [0.1, 0.15) is 6.30 Å². The lowest BCUT2D eigenvalue weighted by molar-refractivity contribution is -0.384. The van der Waals surface area contributed by atoms with Crippen molar-refractivity contribution in [3.8, 4) is 0 Å². The fraction of sp³-hybridized carbons (Fsp3) is 0.100. The van der Waals surface area contributed by atoms with E-state index >= 15 is 0 Å². The topological polar surface area (TPSA) is 85.4 Å². The normalized spacial score (nSPS) is 12.5. The van der Waals surface area contributed by atoms with Crippen LogP contribution in [0.2, 0.25) is 0 Å². The highest BCUT2D eigenvalue weighted by Gasteiger charge is 2.20. The third kappa shape index (κ3) is 1.82. The van der Waals surface area contributed by atoms with Crippen LogP contribution in [0.3, 0.4) is 0 Å². The molecule has 1 aromatic carbocycles. The molecule has 0 radical (unpaired) electrons. The summed E-state index contributed by atoms with van der Waals surface area (Å²) in [5.41, 5.74) is -0.0378. The van der Waals surface area contributed by atoms with E-state index in [1.807, 2.05) is 0 Å². The SMILES string of the molecule is O=C(O)C(F)n1ccc2ccc([N+](=O)[O-])cc21. The first-order valence-corrected chi connectivity index (χ1v) is 4.62. The quantitative estimate of drug-likeness (QED) is 0.655. The number of carboxylic acid groups (broad SMARTS) is 1. The van der Waals surface area contributed by atoms with Gasteiger partial charge in [0.2, 0.25) is 0 Å². The Hall–Kier alpha value is -2.44. The summed E-state index contributed by atoms with van der Waals surface area (Å²) in [5.74, 6) is -1.64. The first kappa shape index (κ1) is 11.1. The minimum absolute atomic E-state index is 0.175. The second-order valence-corrected chi connectivity index (χ2v) is 3.40. The zero-order valence-corrected chi connectivity index (χ0v) is 8.41. The fourth-order valence-corrected chi connectivity index (χ4v) is 1.57. The van der Waals surface area contributed by atoms with E-state index in [9.17, 15) is 19.3 Å². The maximum Gasteiger partial charge on any atom is 0.359 e. The number of carbonyl (C=O) groups is 1. The van der Waals surface area contributed by atoms with Gasteiger partial charge in [-0.25, -0.2) is 9.18 Å². The minimum Gasteiger partial charge on any atom is -0.478 e. The van der Waals surface area contributed by atoms with Crippen molar-refractivity contribution in [3.05, 3.63) is 40.6 Å². The van der Waals surface area contributed by atoms with Crippen LogP contribution in [-0.4, -0.2) is 20.6 Å². The zero-order chi connectivity index (χ0) is 12.6. The molecule has 88 valence electrons. The van der Waals surface area contributed by atoms with Crippen LogP contribution >= 0.6 is 0 Å². The van der Waals surface area contributed by atoms with Gasteiger partial charge in [-0.2, -0.15) is 0 Å². The van der Waals surface area contributed by atoms with Gasteiger partial charge in [-0.15, -0.1) is 0 Å². The summed E-state index contributed by atoms with van der Waals surface area (Å²) in [5, 5.41) is 19.7. The Morgan fingerprint density at radius 2 is 2.18 bits per heavy atom. The summed E-state index contributed by atoms with van der Waals surface area (Å²) < 4.78 is 14.2. The summed E-state index contributed by atoms with van der Waals surface area (Å²) in [7, 11) is 0. The number of rotatable bonds is 3. The number of hydrogen-bond acceptors (Lipinski definition) is 3. The predicted molar refractivity (Wildman–Crippen MR) is 56.4 cm³/mol. The Morgan fingerprint density at radius 1 is 1.47 bits per heavy atom. The average molecular weight is 238 g/mol. The summed E-state index contributed by atoms with van der Waals surface area (Å²) in [4.78, 5) is 20.5. The molecule has 1 unspecified atom stereocenters. The highest BCUT2D eigenvalue weighted by molar-refractivity contribution is 5.84. The molecular weight excluding hydrogens is 231 g/mol. The van der Waals surface area contributed by atoms with E-state index in [1.54, 1.807) is 0 Å². The Balaban J connectivity index is 2.61. The maximum absolute atomic E-state index is 13.3. The summed E-state index contributed by atoms with van der Waals surface area (Å²) in [6.45, 7) is 0. The third-order valence-corrected chi connectivity index (χ3v) is 2.37. The average Bonchev–Trinajstić information content (AvgIpc) is 2.70. The van der Waals surface area contributed by atoms with Gasteiger partial charge in [0.05, 0.1) is 10.4 Å². The van der Waals surface area contributed by atoms with Gasteiger partial charge in [0, 0.05) is 23.7 Å². The van der Waals surface area contributed by atoms with E-state index in [0.29, 0.717) is 5.39 Å². The smallest absolute Gasteiger partial charge is 0.359 e. The van der Waals surface area contributed by atoms with Crippen molar-refractivity contribution in [3.63, 3.8) is 0 Å². The fourth-order valence-electron chi connectivity index (χ4n) is 1.57. The van der Waals surface area contributed by atoms with Crippen LogP contribution in [-0.2, 0) is 4.79 Å². The maximum atomic E-state index is 13.3. The Bertz CT molecular complexity index is 607. The molecule has 2 aromatic rings. The molecule has 0 saturated heterocycles. The van der Waals surface area contributed by atoms with Gasteiger partial charge < -0.3 is 9.67 Å². The van der Waals surface area contributed by atoms with E-state index in [0.717, 1.165) is 10.6 Å². The predicted octanol–water partition coefficient (Wildman–Crippen LogP) is 2.10. The molecule has 0 aliphatic carbocycles. The third-order valence-electron chi connectivity index (χ3n) is 2.37. The molecule has 0 aliphatic heterocycles. The van der Waals surface area contributed by atoms with Crippen LogP contribution in [0.15, 0.2) is 30.5 Å². The van der Waals surface area contributed by atoms with Crippen molar-refractivity contribution in [1.82, 2.24) is 4.57 Å². The molecule has 0 fully saturated rings. The van der Waals surface area contributed by atoms with Gasteiger partial charge in [-0.3, -0.25) is 10.1 Å². The summed E-state index contributed by atoms with van der Waals surface area (Å²) in [6, 6.07) is 5.36. The van der Waals surface area contributed by atoms with Gasteiger partial charge in [0.25, 0.3) is 12.0 Å². The molecule has 2 rings (SSSR count). The van der Waals surface area contributed by atoms with Crippen LogP contribution in [0.5, 0.6) is 0 Å². The number of aromatic nitrogens is 1. The van der Waals surface area contributed by atoms with Gasteiger partial charge >= 0.3 is 5.97 Å². The second kappa shape index (κ2) is 3.85.